The van der Waals surface area contributed by atoms with Gasteiger partial charge in [0.2, 0.25) is 0 Å². The molecular weight excluding hydrogens is 278 g/mol. The van der Waals surface area contributed by atoms with Crippen LogP contribution in [0.25, 0.3) is 11.3 Å². The highest BCUT2D eigenvalue weighted by Gasteiger charge is 2.10. The minimum Gasteiger partial charge on any atom is -0.463 e. The van der Waals surface area contributed by atoms with Gasteiger partial charge in [-0.2, -0.15) is 0 Å². The Bertz CT molecular complexity index is 490. The van der Waals surface area contributed by atoms with Crippen molar-refractivity contribution in [1.29, 1.82) is 0 Å². The molecule has 0 saturated heterocycles. The standard InChI is InChI=1S/C14H16BrNO/c1-10(2)16-9-11-5-3-4-6-12(11)14-13(15)7-8-17-14/h3-8,10,16H,9H2,1-2H3. The lowest BCUT2D eigenvalue weighted by Gasteiger charge is -2.11. The monoisotopic (exact) mass is 293 g/mol. The van der Waals surface area contributed by atoms with E-state index in [1.807, 2.05) is 12.1 Å². The van der Waals surface area contributed by atoms with E-state index in [4.69, 9.17) is 4.42 Å². The molecule has 1 heterocycles. The third kappa shape index (κ3) is 2.99. The summed E-state index contributed by atoms with van der Waals surface area (Å²) < 4.78 is 6.52. The first-order valence-electron chi connectivity index (χ1n) is 5.73. The fraction of sp³-hybridized carbons (Fsp3) is 0.286. The molecule has 0 atom stereocenters. The summed E-state index contributed by atoms with van der Waals surface area (Å²) in [5.41, 5.74) is 2.38. The van der Waals surface area contributed by atoms with Gasteiger partial charge in [0.15, 0.2) is 0 Å². The van der Waals surface area contributed by atoms with Crippen molar-refractivity contribution in [2.45, 2.75) is 26.4 Å². The van der Waals surface area contributed by atoms with Crippen molar-refractivity contribution in [3.63, 3.8) is 0 Å². The fourth-order valence-electron chi connectivity index (χ4n) is 1.70. The van der Waals surface area contributed by atoms with E-state index in [-0.39, 0.29) is 0 Å². The molecule has 0 unspecified atom stereocenters. The van der Waals surface area contributed by atoms with Crippen LogP contribution in [0.1, 0.15) is 19.4 Å². The summed E-state index contributed by atoms with van der Waals surface area (Å²) in [5, 5.41) is 3.43. The van der Waals surface area contributed by atoms with Gasteiger partial charge < -0.3 is 9.73 Å². The van der Waals surface area contributed by atoms with Gasteiger partial charge in [-0.1, -0.05) is 38.1 Å². The summed E-state index contributed by atoms with van der Waals surface area (Å²) in [4.78, 5) is 0. The minimum atomic E-state index is 0.475. The molecule has 17 heavy (non-hydrogen) atoms. The molecule has 0 aliphatic carbocycles. The molecule has 2 rings (SSSR count). The second-order valence-corrected chi connectivity index (χ2v) is 5.14. The number of hydrogen-bond acceptors (Lipinski definition) is 2. The normalized spacial score (nSPS) is 11.1. The molecule has 2 aromatic rings. The number of halogens is 1. The highest BCUT2D eigenvalue weighted by molar-refractivity contribution is 9.10. The zero-order valence-corrected chi connectivity index (χ0v) is 11.6. The number of hydrogen-bond donors (Lipinski definition) is 1. The smallest absolute Gasteiger partial charge is 0.148 e. The minimum absolute atomic E-state index is 0.475. The highest BCUT2D eigenvalue weighted by atomic mass is 79.9. The molecule has 1 aromatic heterocycles. The Labute approximate surface area is 110 Å². The highest BCUT2D eigenvalue weighted by Crippen LogP contribution is 2.31. The molecule has 0 bridgehead atoms. The zero-order chi connectivity index (χ0) is 12.3. The summed E-state index contributed by atoms with van der Waals surface area (Å²) in [6.45, 7) is 5.14. The Kier molecular flexibility index (Phi) is 4.02. The van der Waals surface area contributed by atoms with Gasteiger partial charge in [0, 0.05) is 18.2 Å². The summed E-state index contributed by atoms with van der Waals surface area (Å²) in [5.74, 6) is 0.895. The van der Waals surface area contributed by atoms with Gasteiger partial charge in [-0.3, -0.25) is 0 Å². The molecule has 0 amide bonds. The van der Waals surface area contributed by atoms with E-state index < -0.39 is 0 Å². The quantitative estimate of drug-likeness (QED) is 0.914. The van der Waals surface area contributed by atoms with E-state index in [0.717, 1.165) is 22.3 Å². The number of furan rings is 1. The van der Waals surface area contributed by atoms with Crippen LogP contribution in [0.3, 0.4) is 0 Å². The van der Waals surface area contributed by atoms with E-state index >= 15 is 0 Å². The fourth-order valence-corrected chi connectivity index (χ4v) is 2.11. The summed E-state index contributed by atoms with van der Waals surface area (Å²) in [6, 6.07) is 10.7. The van der Waals surface area contributed by atoms with E-state index in [0.29, 0.717) is 6.04 Å². The van der Waals surface area contributed by atoms with Crippen molar-refractivity contribution < 1.29 is 4.42 Å². The number of benzene rings is 1. The summed E-state index contributed by atoms with van der Waals surface area (Å²) in [6.07, 6.45) is 1.70. The first kappa shape index (κ1) is 12.4. The molecule has 0 spiro atoms. The third-order valence-corrected chi connectivity index (χ3v) is 3.20. The van der Waals surface area contributed by atoms with Gasteiger partial charge in [0.1, 0.15) is 5.76 Å². The van der Waals surface area contributed by atoms with Crippen LogP contribution in [0.4, 0.5) is 0 Å². The lowest BCUT2D eigenvalue weighted by atomic mass is 10.1. The molecule has 0 saturated carbocycles. The van der Waals surface area contributed by atoms with Crippen LogP contribution in [0, 0.1) is 0 Å². The topological polar surface area (TPSA) is 25.2 Å². The van der Waals surface area contributed by atoms with Crippen molar-refractivity contribution in [3.05, 3.63) is 46.6 Å². The lowest BCUT2D eigenvalue weighted by molar-refractivity contribution is 0.572. The summed E-state index contributed by atoms with van der Waals surface area (Å²) in [7, 11) is 0. The second-order valence-electron chi connectivity index (χ2n) is 4.29. The van der Waals surface area contributed by atoms with Gasteiger partial charge in [0.25, 0.3) is 0 Å². The maximum absolute atomic E-state index is 5.52. The zero-order valence-electron chi connectivity index (χ0n) is 10.0. The van der Waals surface area contributed by atoms with E-state index in [1.165, 1.54) is 5.56 Å². The van der Waals surface area contributed by atoms with Crippen molar-refractivity contribution in [2.24, 2.45) is 0 Å². The Morgan fingerprint density at radius 1 is 1.24 bits per heavy atom. The average molecular weight is 294 g/mol. The third-order valence-electron chi connectivity index (χ3n) is 2.58. The largest absolute Gasteiger partial charge is 0.463 e. The predicted octanol–water partition coefficient (Wildman–Crippen LogP) is 4.21. The number of rotatable bonds is 4. The van der Waals surface area contributed by atoms with Crippen LogP contribution in [0.15, 0.2) is 45.5 Å². The molecule has 0 radical (unpaired) electrons. The molecule has 1 N–H and O–H groups in total. The van der Waals surface area contributed by atoms with Crippen LogP contribution in [-0.2, 0) is 6.54 Å². The Balaban J connectivity index is 2.31. The SMILES string of the molecule is CC(C)NCc1ccccc1-c1occc1Br. The van der Waals surface area contributed by atoms with Crippen molar-refractivity contribution in [1.82, 2.24) is 5.32 Å². The van der Waals surface area contributed by atoms with E-state index in [1.54, 1.807) is 6.26 Å². The Morgan fingerprint density at radius 2 is 2.00 bits per heavy atom. The molecule has 90 valence electrons. The van der Waals surface area contributed by atoms with Crippen LogP contribution < -0.4 is 5.32 Å². The van der Waals surface area contributed by atoms with Crippen molar-refractivity contribution in [2.75, 3.05) is 0 Å². The van der Waals surface area contributed by atoms with Gasteiger partial charge in [-0.05, 0) is 27.6 Å². The van der Waals surface area contributed by atoms with E-state index in [9.17, 15) is 0 Å². The molecular formula is C14H16BrNO. The molecule has 1 aromatic carbocycles. The van der Waals surface area contributed by atoms with Gasteiger partial charge in [-0.15, -0.1) is 0 Å². The summed E-state index contributed by atoms with van der Waals surface area (Å²) >= 11 is 3.50. The van der Waals surface area contributed by atoms with Crippen LogP contribution in [0.5, 0.6) is 0 Å². The van der Waals surface area contributed by atoms with E-state index in [2.05, 4.69) is 53.3 Å². The van der Waals surface area contributed by atoms with Crippen LogP contribution in [0.2, 0.25) is 0 Å². The average Bonchev–Trinajstić information content (AvgIpc) is 2.73. The van der Waals surface area contributed by atoms with Crippen molar-refractivity contribution in [3.8, 4) is 11.3 Å². The maximum Gasteiger partial charge on any atom is 0.148 e. The molecule has 0 fully saturated rings. The lowest BCUT2D eigenvalue weighted by Crippen LogP contribution is -2.22. The first-order valence-corrected chi connectivity index (χ1v) is 6.52. The van der Waals surface area contributed by atoms with Gasteiger partial charge in [-0.25, -0.2) is 0 Å². The molecule has 0 aliphatic rings. The number of nitrogens with one attached hydrogen (secondary N) is 1. The van der Waals surface area contributed by atoms with Crippen LogP contribution >= 0.6 is 15.9 Å². The van der Waals surface area contributed by atoms with Crippen molar-refractivity contribution >= 4 is 15.9 Å². The van der Waals surface area contributed by atoms with Crippen LogP contribution in [-0.4, -0.2) is 6.04 Å². The molecule has 2 nitrogen and oxygen atoms in total. The first-order chi connectivity index (χ1) is 8.18. The molecule has 3 heteroatoms. The van der Waals surface area contributed by atoms with Gasteiger partial charge >= 0.3 is 0 Å². The van der Waals surface area contributed by atoms with Gasteiger partial charge in [0.05, 0.1) is 10.7 Å². The Morgan fingerprint density at radius 3 is 2.65 bits per heavy atom. The second kappa shape index (κ2) is 5.52. The Hall–Kier alpha value is -1.06. The molecule has 0 aliphatic heterocycles. The maximum atomic E-state index is 5.52. The predicted molar refractivity (Wildman–Crippen MR) is 73.8 cm³/mol.